The number of halogens is 1. The monoisotopic (exact) mass is 450 g/mol. The highest BCUT2D eigenvalue weighted by Crippen LogP contribution is 2.32. The van der Waals surface area contributed by atoms with Gasteiger partial charge in [-0.25, -0.2) is 9.37 Å². The number of hydrogen-bond donors (Lipinski definition) is 1. The molecule has 0 unspecified atom stereocenters. The fraction of sp³-hybridized carbons (Fsp3) is 0.111. The Morgan fingerprint density at radius 1 is 0.941 bits per heavy atom. The molecule has 1 aliphatic heterocycles. The Morgan fingerprint density at radius 2 is 1.79 bits per heavy atom. The summed E-state index contributed by atoms with van der Waals surface area (Å²) in [5.41, 5.74) is 10.9. The van der Waals surface area contributed by atoms with Crippen LogP contribution in [-0.4, -0.2) is 27.9 Å². The lowest BCUT2D eigenvalue weighted by molar-refractivity contribution is 0.174. The maximum absolute atomic E-state index is 14.9. The number of benzene rings is 3. The third kappa shape index (κ3) is 3.51. The van der Waals surface area contributed by atoms with Gasteiger partial charge in [-0.1, -0.05) is 24.0 Å². The van der Waals surface area contributed by atoms with E-state index in [0.29, 0.717) is 29.1 Å². The predicted octanol–water partition coefficient (Wildman–Crippen LogP) is 4.34. The topological polar surface area (TPSA) is 75.2 Å². The normalized spacial score (nSPS) is 12.2. The quantitative estimate of drug-likeness (QED) is 0.414. The van der Waals surface area contributed by atoms with Crippen molar-refractivity contribution in [1.82, 2.24) is 14.5 Å². The second-order valence-electron chi connectivity index (χ2n) is 7.98. The Balaban J connectivity index is 1.46. The third-order valence-corrected chi connectivity index (χ3v) is 5.82. The second-order valence-corrected chi connectivity index (χ2v) is 7.98. The second kappa shape index (κ2) is 8.18. The van der Waals surface area contributed by atoms with Gasteiger partial charge < -0.3 is 15.2 Å². The van der Waals surface area contributed by atoms with Crippen molar-refractivity contribution >= 4 is 21.9 Å². The van der Waals surface area contributed by atoms with Crippen LogP contribution in [0.15, 0.2) is 67.1 Å². The van der Waals surface area contributed by atoms with E-state index in [1.165, 1.54) is 11.6 Å². The Kier molecular flexibility index (Phi) is 4.86. The van der Waals surface area contributed by atoms with Crippen molar-refractivity contribution in [2.75, 3.05) is 13.3 Å². The molecule has 0 spiro atoms. The molecule has 7 heteroatoms. The average Bonchev–Trinajstić information content (AvgIpc) is 3.50. The van der Waals surface area contributed by atoms with Gasteiger partial charge in [-0.3, -0.25) is 9.55 Å². The smallest absolute Gasteiger partial charge is 0.231 e. The largest absolute Gasteiger partial charge is 0.454 e. The molecule has 0 atom stereocenters. The first kappa shape index (κ1) is 20.2. The number of ether oxygens (including phenoxy) is 2. The molecule has 5 aromatic rings. The highest BCUT2D eigenvalue weighted by atomic mass is 19.1. The Labute approximate surface area is 194 Å². The van der Waals surface area contributed by atoms with Crippen LogP contribution in [0.2, 0.25) is 0 Å². The number of hydrogen-bond acceptors (Lipinski definition) is 5. The molecule has 3 heterocycles. The minimum Gasteiger partial charge on any atom is -0.454 e. The average molecular weight is 450 g/mol. The molecule has 3 aromatic carbocycles. The van der Waals surface area contributed by atoms with Crippen LogP contribution >= 0.6 is 0 Å². The van der Waals surface area contributed by atoms with Crippen LogP contribution in [0.5, 0.6) is 11.5 Å². The maximum atomic E-state index is 14.9. The lowest BCUT2D eigenvalue weighted by Gasteiger charge is -2.08. The summed E-state index contributed by atoms with van der Waals surface area (Å²) in [6.07, 6.45) is 4.24. The van der Waals surface area contributed by atoms with Gasteiger partial charge in [0.05, 0.1) is 22.8 Å². The zero-order valence-electron chi connectivity index (χ0n) is 18.1. The lowest BCUT2D eigenvalue weighted by Crippen LogP contribution is -2.02. The van der Waals surface area contributed by atoms with Crippen molar-refractivity contribution in [1.29, 1.82) is 0 Å². The molecule has 0 bridgehead atoms. The van der Waals surface area contributed by atoms with Gasteiger partial charge in [0.25, 0.3) is 0 Å². The molecule has 0 saturated carbocycles. The van der Waals surface area contributed by atoms with Crippen LogP contribution in [0.25, 0.3) is 27.6 Å². The molecule has 1 aliphatic rings. The number of nitrogens with zero attached hydrogens (tertiary/aromatic N) is 3. The molecule has 0 aliphatic carbocycles. The van der Waals surface area contributed by atoms with Crippen LogP contribution in [0.3, 0.4) is 0 Å². The molecule has 0 fully saturated rings. The standard InChI is InChI=1S/C27H19FN4O2/c28-22-13-23-21(12-19(22)5-1-18-4-8-25-26(11-18)34-16-33-25)27-24(14-30-23)31-15-32(27)20-6-2-17(3-7-20)9-10-29/h2-4,6-8,11-15H,9-10,16,29H2. The summed E-state index contributed by atoms with van der Waals surface area (Å²) in [7, 11) is 0. The van der Waals surface area contributed by atoms with Crippen molar-refractivity contribution in [3.8, 4) is 29.0 Å². The predicted molar refractivity (Wildman–Crippen MR) is 128 cm³/mol. The van der Waals surface area contributed by atoms with Crippen molar-refractivity contribution in [2.24, 2.45) is 5.73 Å². The molecule has 34 heavy (non-hydrogen) atoms. The molecular weight excluding hydrogens is 431 g/mol. The number of imidazole rings is 1. The summed E-state index contributed by atoms with van der Waals surface area (Å²) in [6, 6.07) is 16.7. The third-order valence-electron chi connectivity index (χ3n) is 5.82. The van der Waals surface area contributed by atoms with E-state index in [1.54, 1.807) is 30.7 Å². The number of aromatic nitrogens is 3. The van der Waals surface area contributed by atoms with Gasteiger partial charge in [0.1, 0.15) is 17.7 Å². The minimum atomic E-state index is -0.426. The fourth-order valence-electron chi connectivity index (χ4n) is 4.11. The summed E-state index contributed by atoms with van der Waals surface area (Å²) in [6.45, 7) is 0.795. The van der Waals surface area contributed by atoms with Crippen molar-refractivity contribution in [3.63, 3.8) is 0 Å². The Hall–Kier alpha value is -4.41. The fourth-order valence-corrected chi connectivity index (χ4v) is 4.11. The van der Waals surface area contributed by atoms with E-state index in [2.05, 4.69) is 33.9 Å². The van der Waals surface area contributed by atoms with Crippen LogP contribution < -0.4 is 15.2 Å². The molecule has 0 saturated heterocycles. The van der Waals surface area contributed by atoms with Crippen molar-refractivity contribution in [3.05, 3.63) is 89.6 Å². The molecule has 2 N–H and O–H groups in total. The number of fused-ring (bicyclic) bond motifs is 4. The van der Waals surface area contributed by atoms with E-state index >= 15 is 0 Å². The molecule has 6 nitrogen and oxygen atoms in total. The van der Waals surface area contributed by atoms with E-state index in [0.717, 1.165) is 28.5 Å². The van der Waals surface area contributed by atoms with Crippen LogP contribution in [0.1, 0.15) is 16.7 Å². The Morgan fingerprint density at radius 3 is 2.65 bits per heavy atom. The maximum Gasteiger partial charge on any atom is 0.231 e. The highest BCUT2D eigenvalue weighted by Gasteiger charge is 2.14. The summed E-state index contributed by atoms with van der Waals surface area (Å²) >= 11 is 0. The van der Waals surface area contributed by atoms with Crippen molar-refractivity contribution < 1.29 is 13.9 Å². The van der Waals surface area contributed by atoms with Crippen LogP contribution in [-0.2, 0) is 6.42 Å². The van der Waals surface area contributed by atoms with E-state index in [9.17, 15) is 4.39 Å². The van der Waals surface area contributed by atoms with Gasteiger partial charge in [0, 0.05) is 22.7 Å². The molecular formula is C27H19FN4O2. The summed E-state index contributed by atoms with van der Waals surface area (Å²) in [5, 5.41) is 0.775. The van der Waals surface area contributed by atoms with E-state index in [4.69, 9.17) is 15.2 Å². The first-order chi connectivity index (χ1) is 16.7. The zero-order valence-corrected chi connectivity index (χ0v) is 18.1. The van der Waals surface area contributed by atoms with E-state index in [1.807, 2.05) is 22.8 Å². The van der Waals surface area contributed by atoms with Gasteiger partial charge in [0.2, 0.25) is 6.79 Å². The van der Waals surface area contributed by atoms with Crippen molar-refractivity contribution in [2.45, 2.75) is 6.42 Å². The van der Waals surface area contributed by atoms with Gasteiger partial charge in [-0.05, 0) is 54.9 Å². The first-order valence-corrected chi connectivity index (χ1v) is 10.9. The summed E-state index contributed by atoms with van der Waals surface area (Å²) in [5.74, 6) is 6.88. The number of pyridine rings is 1. The zero-order chi connectivity index (χ0) is 23.1. The first-order valence-electron chi connectivity index (χ1n) is 10.9. The summed E-state index contributed by atoms with van der Waals surface area (Å²) < 4.78 is 27.6. The van der Waals surface area contributed by atoms with E-state index in [-0.39, 0.29) is 12.4 Å². The van der Waals surface area contributed by atoms with E-state index < -0.39 is 5.82 Å². The molecule has 166 valence electrons. The number of nitrogens with two attached hydrogens (primary N) is 1. The summed E-state index contributed by atoms with van der Waals surface area (Å²) in [4.78, 5) is 8.91. The van der Waals surface area contributed by atoms with Gasteiger partial charge in [0.15, 0.2) is 11.5 Å². The number of rotatable bonds is 3. The van der Waals surface area contributed by atoms with Crippen LogP contribution in [0, 0.1) is 17.7 Å². The lowest BCUT2D eigenvalue weighted by atomic mass is 10.1. The Bertz CT molecular complexity index is 1610. The minimum absolute atomic E-state index is 0.192. The SMILES string of the molecule is NCCc1ccc(-n2cnc3cnc4cc(F)c(C#Cc5ccc6c(c5)OCO6)cc4c32)cc1. The molecule has 0 radical (unpaired) electrons. The van der Waals surface area contributed by atoms with Gasteiger partial charge in [-0.15, -0.1) is 0 Å². The van der Waals surface area contributed by atoms with Gasteiger partial charge >= 0.3 is 0 Å². The molecule has 6 rings (SSSR count). The highest BCUT2D eigenvalue weighted by molar-refractivity contribution is 6.03. The molecule has 2 aromatic heterocycles. The van der Waals surface area contributed by atoms with Crippen LogP contribution in [0.4, 0.5) is 4.39 Å². The van der Waals surface area contributed by atoms with Gasteiger partial charge in [-0.2, -0.15) is 0 Å². The molecule has 0 amide bonds.